The van der Waals surface area contributed by atoms with Crippen LogP contribution in [0.3, 0.4) is 0 Å². The van der Waals surface area contributed by atoms with E-state index in [9.17, 15) is 18.8 Å². The van der Waals surface area contributed by atoms with Gasteiger partial charge in [0, 0.05) is 31.3 Å². The number of fused-ring (bicyclic) bond motifs is 1. The number of rotatable bonds is 5. The molecule has 0 unspecified atom stereocenters. The summed E-state index contributed by atoms with van der Waals surface area (Å²) in [5, 5.41) is 10.1. The van der Waals surface area contributed by atoms with Crippen LogP contribution in [0.4, 0.5) is 4.39 Å². The van der Waals surface area contributed by atoms with E-state index < -0.39 is 17.3 Å². The molecule has 1 aromatic heterocycles. The Morgan fingerprint density at radius 3 is 2.58 bits per heavy atom. The quantitative estimate of drug-likeness (QED) is 0.678. The van der Waals surface area contributed by atoms with Crippen molar-refractivity contribution in [2.75, 3.05) is 7.05 Å². The average Bonchev–Trinajstić information content (AvgIpc) is 3.05. The number of hydrogen-bond acceptors (Lipinski definition) is 4. The predicted molar refractivity (Wildman–Crippen MR) is 120 cm³/mol. The van der Waals surface area contributed by atoms with Crippen molar-refractivity contribution in [2.24, 2.45) is 0 Å². The molecule has 2 heterocycles. The van der Waals surface area contributed by atoms with Crippen LogP contribution in [0, 0.1) is 5.82 Å². The maximum Gasteiger partial charge on any atom is 0.272 e. The van der Waals surface area contributed by atoms with Gasteiger partial charge in [0.2, 0.25) is 5.91 Å². The van der Waals surface area contributed by atoms with Gasteiger partial charge < -0.3 is 15.5 Å². The van der Waals surface area contributed by atoms with Crippen LogP contribution < -0.4 is 10.6 Å². The highest BCUT2D eigenvalue weighted by Gasteiger charge is 2.46. The third-order valence-electron chi connectivity index (χ3n) is 6.81. The lowest BCUT2D eigenvalue weighted by Gasteiger charge is -2.41. The normalized spacial score (nSPS) is 21.3. The Balaban J connectivity index is 1.48. The summed E-state index contributed by atoms with van der Waals surface area (Å²) in [6.07, 6.45) is 6.43. The molecular formula is C24H30FN5O3. The number of hydrogen-bond donors (Lipinski definition) is 2. The monoisotopic (exact) mass is 455 g/mol. The third kappa shape index (κ3) is 4.62. The number of benzene rings is 1. The van der Waals surface area contributed by atoms with E-state index in [-0.39, 0.29) is 42.3 Å². The summed E-state index contributed by atoms with van der Waals surface area (Å²) in [6, 6.07) is 7.71. The Bertz CT molecular complexity index is 1060. The van der Waals surface area contributed by atoms with Gasteiger partial charge in [-0.25, -0.2) is 4.39 Å². The van der Waals surface area contributed by atoms with E-state index in [1.807, 2.05) is 0 Å². The van der Waals surface area contributed by atoms with Crippen molar-refractivity contribution in [1.29, 1.82) is 0 Å². The maximum absolute atomic E-state index is 13.8. The molecule has 2 aliphatic rings. The van der Waals surface area contributed by atoms with Crippen molar-refractivity contribution >= 4 is 17.7 Å². The molecule has 0 spiro atoms. The van der Waals surface area contributed by atoms with Crippen molar-refractivity contribution < 1.29 is 18.8 Å². The standard InChI is InChI=1S/C24H30FN5O3/c1-24(23(33)27-17-10-5-3-4-6-11-17)15-30-20(22(32)29(24)2)13-19(28-30)21(31)26-14-16-9-7-8-12-18(16)25/h7-9,12-13,17H,3-6,10-11,14-15H2,1-2H3,(H,26,31)(H,27,33)/t24-/m0/s1. The molecule has 1 saturated carbocycles. The van der Waals surface area contributed by atoms with Crippen LogP contribution in [0.25, 0.3) is 0 Å². The van der Waals surface area contributed by atoms with Gasteiger partial charge in [0.1, 0.15) is 17.1 Å². The average molecular weight is 456 g/mol. The number of likely N-dealkylation sites (N-methyl/N-ethyl adjacent to an activating group) is 1. The highest BCUT2D eigenvalue weighted by atomic mass is 19.1. The van der Waals surface area contributed by atoms with Gasteiger partial charge in [-0.2, -0.15) is 5.10 Å². The van der Waals surface area contributed by atoms with E-state index in [0.29, 0.717) is 5.56 Å². The second kappa shape index (κ2) is 9.33. The predicted octanol–water partition coefficient (Wildman–Crippen LogP) is 2.64. The van der Waals surface area contributed by atoms with Crippen molar-refractivity contribution in [1.82, 2.24) is 25.3 Å². The first-order valence-electron chi connectivity index (χ1n) is 11.5. The maximum atomic E-state index is 13.8. The second-order valence-electron chi connectivity index (χ2n) is 9.15. The zero-order chi connectivity index (χ0) is 23.6. The summed E-state index contributed by atoms with van der Waals surface area (Å²) >= 11 is 0. The fraction of sp³-hybridized carbons (Fsp3) is 0.500. The van der Waals surface area contributed by atoms with E-state index in [1.54, 1.807) is 32.2 Å². The fourth-order valence-corrected chi connectivity index (χ4v) is 4.51. The van der Waals surface area contributed by atoms with Gasteiger partial charge in [-0.05, 0) is 25.8 Å². The van der Waals surface area contributed by atoms with Crippen LogP contribution in [0.2, 0.25) is 0 Å². The van der Waals surface area contributed by atoms with E-state index >= 15 is 0 Å². The number of carbonyl (C=O) groups is 3. The minimum Gasteiger partial charge on any atom is -0.351 e. The number of amides is 3. The van der Waals surface area contributed by atoms with Crippen LogP contribution in [-0.4, -0.2) is 51.0 Å². The van der Waals surface area contributed by atoms with Gasteiger partial charge in [-0.15, -0.1) is 0 Å². The minimum atomic E-state index is -1.12. The second-order valence-corrected chi connectivity index (χ2v) is 9.15. The molecule has 2 N–H and O–H groups in total. The van der Waals surface area contributed by atoms with E-state index in [2.05, 4.69) is 15.7 Å². The van der Waals surface area contributed by atoms with Crippen LogP contribution in [0.1, 0.15) is 72.0 Å². The fourth-order valence-electron chi connectivity index (χ4n) is 4.51. The summed E-state index contributed by atoms with van der Waals surface area (Å²) in [7, 11) is 1.60. The highest BCUT2D eigenvalue weighted by Crippen LogP contribution is 2.27. The molecule has 1 aliphatic carbocycles. The van der Waals surface area contributed by atoms with Crippen molar-refractivity contribution in [3.05, 3.63) is 53.1 Å². The highest BCUT2D eigenvalue weighted by molar-refractivity contribution is 6.01. The third-order valence-corrected chi connectivity index (χ3v) is 6.81. The van der Waals surface area contributed by atoms with Crippen LogP contribution in [0.15, 0.2) is 30.3 Å². The first-order chi connectivity index (χ1) is 15.8. The van der Waals surface area contributed by atoms with Gasteiger partial charge >= 0.3 is 0 Å². The van der Waals surface area contributed by atoms with Crippen LogP contribution >= 0.6 is 0 Å². The molecule has 0 bridgehead atoms. The van der Waals surface area contributed by atoms with Gasteiger partial charge in [0.05, 0.1) is 6.54 Å². The Kier molecular flexibility index (Phi) is 6.49. The molecule has 0 radical (unpaired) electrons. The summed E-state index contributed by atoms with van der Waals surface area (Å²) < 4.78 is 15.2. The largest absolute Gasteiger partial charge is 0.351 e. The smallest absolute Gasteiger partial charge is 0.272 e. The molecule has 176 valence electrons. The number of carbonyl (C=O) groups excluding carboxylic acids is 3. The number of nitrogens with one attached hydrogen (secondary N) is 2. The van der Waals surface area contributed by atoms with Crippen LogP contribution in [-0.2, 0) is 17.9 Å². The molecule has 1 aliphatic heterocycles. The molecule has 3 amide bonds. The molecule has 8 nitrogen and oxygen atoms in total. The zero-order valence-electron chi connectivity index (χ0n) is 19.1. The van der Waals surface area contributed by atoms with Crippen LogP contribution in [0.5, 0.6) is 0 Å². The molecule has 9 heteroatoms. The molecule has 1 aromatic carbocycles. The topological polar surface area (TPSA) is 96.3 Å². The number of nitrogens with zero attached hydrogens (tertiary/aromatic N) is 3. The summed E-state index contributed by atoms with van der Waals surface area (Å²) in [4.78, 5) is 40.3. The van der Waals surface area contributed by atoms with Gasteiger partial charge in [-0.3, -0.25) is 19.1 Å². The summed E-state index contributed by atoms with van der Waals surface area (Å²) in [6.45, 7) is 1.87. The molecule has 1 atom stereocenters. The molecule has 33 heavy (non-hydrogen) atoms. The van der Waals surface area contributed by atoms with Crippen molar-refractivity contribution in [3.63, 3.8) is 0 Å². The first-order valence-corrected chi connectivity index (χ1v) is 11.5. The van der Waals surface area contributed by atoms with E-state index in [4.69, 9.17) is 0 Å². The number of aromatic nitrogens is 2. The molecule has 2 aromatic rings. The minimum absolute atomic E-state index is 0.00303. The lowest BCUT2D eigenvalue weighted by Crippen LogP contribution is -2.63. The molecule has 0 saturated heterocycles. The number of halogens is 1. The zero-order valence-corrected chi connectivity index (χ0v) is 19.1. The lowest BCUT2D eigenvalue weighted by atomic mass is 9.95. The Hall–Kier alpha value is -3.23. The Labute approximate surface area is 192 Å². The first kappa shape index (κ1) is 22.9. The molecule has 1 fully saturated rings. The summed E-state index contributed by atoms with van der Waals surface area (Å²) in [5.41, 5.74) is -0.471. The van der Waals surface area contributed by atoms with E-state index in [1.165, 1.54) is 34.6 Å². The van der Waals surface area contributed by atoms with Gasteiger partial charge in [-0.1, -0.05) is 43.9 Å². The SMILES string of the molecule is CN1C(=O)c2cc(C(=O)NCc3ccccc3F)nn2C[C@@]1(C)C(=O)NC1CCCCCC1. The molecule has 4 rings (SSSR count). The Morgan fingerprint density at radius 1 is 1.18 bits per heavy atom. The van der Waals surface area contributed by atoms with Gasteiger partial charge in [0.15, 0.2) is 5.69 Å². The van der Waals surface area contributed by atoms with E-state index in [0.717, 1.165) is 25.7 Å². The lowest BCUT2D eigenvalue weighted by molar-refractivity contribution is -0.133. The molecular weight excluding hydrogens is 425 g/mol. The van der Waals surface area contributed by atoms with Crippen molar-refractivity contribution in [3.8, 4) is 0 Å². The Morgan fingerprint density at radius 2 is 1.88 bits per heavy atom. The van der Waals surface area contributed by atoms with Crippen molar-refractivity contribution in [2.45, 2.75) is 70.1 Å². The van der Waals surface area contributed by atoms with Gasteiger partial charge in [0.25, 0.3) is 11.8 Å². The summed E-state index contributed by atoms with van der Waals surface area (Å²) in [5.74, 6) is -1.51.